The fraction of sp³-hybridized carbons (Fsp3) is 1.00. The molecular weight excluding hydrogens is 146 g/mol. The smallest absolute Gasteiger partial charge is 0.00235 e. The van der Waals surface area contributed by atoms with Gasteiger partial charge in [0.15, 0.2) is 0 Å². The Hall–Kier alpha value is -0.0400. The van der Waals surface area contributed by atoms with Gasteiger partial charge in [-0.15, -0.1) is 0 Å². The Morgan fingerprint density at radius 2 is 1.67 bits per heavy atom. The third-order valence-corrected chi connectivity index (χ3v) is 3.16. The van der Waals surface area contributed by atoms with Gasteiger partial charge in [0.2, 0.25) is 0 Å². The quantitative estimate of drug-likeness (QED) is 0.682. The van der Waals surface area contributed by atoms with Crippen molar-refractivity contribution in [2.75, 3.05) is 13.6 Å². The number of rotatable bonds is 4. The van der Waals surface area contributed by atoms with Crippen LogP contribution in [0.4, 0.5) is 0 Å². The molecule has 1 aliphatic carbocycles. The van der Waals surface area contributed by atoms with E-state index in [1.54, 1.807) is 0 Å². The van der Waals surface area contributed by atoms with Crippen molar-refractivity contribution < 1.29 is 0 Å². The molecular formula is C11H23N. The van der Waals surface area contributed by atoms with Crippen molar-refractivity contribution in [1.29, 1.82) is 0 Å². The molecule has 0 amide bonds. The van der Waals surface area contributed by atoms with E-state index < -0.39 is 0 Å². The van der Waals surface area contributed by atoms with Gasteiger partial charge < -0.3 is 5.32 Å². The second-order valence-electron chi connectivity index (χ2n) is 4.23. The third kappa shape index (κ3) is 3.14. The summed E-state index contributed by atoms with van der Waals surface area (Å²) in [5.41, 5.74) is 0. The first-order chi connectivity index (χ1) is 5.86. The van der Waals surface area contributed by atoms with Gasteiger partial charge in [-0.25, -0.2) is 0 Å². The zero-order chi connectivity index (χ0) is 8.81. The van der Waals surface area contributed by atoms with Gasteiger partial charge in [-0.3, -0.25) is 0 Å². The number of hydrogen-bond acceptors (Lipinski definition) is 1. The lowest BCUT2D eigenvalue weighted by Crippen LogP contribution is -2.23. The Kier molecular flexibility index (Phi) is 4.67. The van der Waals surface area contributed by atoms with E-state index in [1.807, 2.05) is 0 Å². The average Bonchev–Trinajstić information content (AvgIpc) is 2.09. The summed E-state index contributed by atoms with van der Waals surface area (Å²) < 4.78 is 0. The van der Waals surface area contributed by atoms with Crippen LogP contribution in [0, 0.1) is 11.8 Å². The predicted molar refractivity (Wildman–Crippen MR) is 54.3 cm³/mol. The van der Waals surface area contributed by atoms with Gasteiger partial charge in [-0.2, -0.15) is 0 Å². The highest BCUT2D eigenvalue weighted by Crippen LogP contribution is 2.30. The minimum Gasteiger partial charge on any atom is -0.319 e. The molecule has 1 heteroatoms. The molecule has 1 saturated carbocycles. The molecule has 0 aliphatic heterocycles. The second kappa shape index (κ2) is 5.58. The zero-order valence-electron chi connectivity index (χ0n) is 8.60. The van der Waals surface area contributed by atoms with E-state index in [2.05, 4.69) is 19.3 Å². The van der Waals surface area contributed by atoms with Crippen molar-refractivity contribution in [1.82, 2.24) is 5.32 Å². The molecule has 0 bridgehead atoms. The molecule has 0 aromatic rings. The monoisotopic (exact) mass is 169 g/mol. The van der Waals surface area contributed by atoms with Crippen LogP contribution in [0.1, 0.15) is 45.4 Å². The van der Waals surface area contributed by atoms with Crippen LogP contribution in [-0.2, 0) is 0 Å². The van der Waals surface area contributed by atoms with Crippen molar-refractivity contribution in [3.05, 3.63) is 0 Å². The molecule has 0 aromatic heterocycles. The Morgan fingerprint density at radius 1 is 1.08 bits per heavy atom. The minimum atomic E-state index is 0.975. The molecule has 12 heavy (non-hydrogen) atoms. The van der Waals surface area contributed by atoms with Crippen molar-refractivity contribution in [2.24, 2.45) is 11.8 Å². The molecule has 0 atom stereocenters. The van der Waals surface area contributed by atoms with Crippen LogP contribution in [0.3, 0.4) is 0 Å². The van der Waals surface area contributed by atoms with Gasteiger partial charge in [0.05, 0.1) is 0 Å². The number of hydrogen-bond donors (Lipinski definition) is 1. The molecule has 1 N–H and O–H groups in total. The molecule has 0 aromatic carbocycles. The van der Waals surface area contributed by atoms with E-state index in [9.17, 15) is 0 Å². The largest absolute Gasteiger partial charge is 0.319 e. The highest BCUT2D eigenvalue weighted by Gasteiger charge is 2.19. The van der Waals surface area contributed by atoms with Crippen molar-refractivity contribution in [3.8, 4) is 0 Å². The Balaban J connectivity index is 2.11. The van der Waals surface area contributed by atoms with Crippen LogP contribution < -0.4 is 5.32 Å². The van der Waals surface area contributed by atoms with Crippen LogP contribution in [0.5, 0.6) is 0 Å². The van der Waals surface area contributed by atoms with Crippen LogP contribution >= 0.6 is 0 Å². The van der Waals surface area contributed by atoms with Gasteiger partial charge in [-0.05, 0) is 38.3 Å². The van der Waals surface area contributed by atoms with Gasteiger partial charge in [0.25, 0.3) is 0 Å². The fourth-order valence-electron chi connectivity index (χ4n) is 2.42. The molecule has 1 aliphatic rings. The Labute approximate surface area is 76.9 Å². The first-order valence-electron chi connectivity index (χ1n) is 5.51. The molecule has 72 valence electrons. The number of nitrogens with one attached hydrogen (secondary N) is 1. The summed E-state index contributed by atoms with van der Waals surface area (Å²) in [7, 11) is 2.07. The van der Waals surface area contributed by atoms with Crippen LogP contribution in [0.15, 0.2) is 0 Å². The SMILES string of the molecule is CCCC1CCC(CNC)CC1. The highest BCUT2D eigenvalue weighted by molar-refractivity contribution is 4.73. The molecule has 1 rings (SSSR count). The summed E-state index contributed by atoms with van der Waals surface area (Å²) in [4.78, 5) is 0. The average molecular weight is 169 g/mol. The summed E-state index contributed by atoms with van der Waals surface area (Å²) in [6, 6.07) is 0. The molecule has 0 unspecified atom stereocenters. The molecule has 0 heterocycles. The molecule has 0 saturated heterocycles. The summed E-state index contributed by atoms with van der Waals surface area (Å²) in [6.45, 7) is 3.54. The minimum absolute atomic E-state index is 0.975. The van der Waals surface area contributed by atoms with Crippen LogP contribution in [-0.4, -0.2) is 13.6 Å². The van der Waals surface area contributed by atoms with Crippen molar-refractivity contribution in [3.63, 3.8) is 0 Å². The van der Waals surface area contributed by atoms with Crippen LogP contribution in [0.25, 0.3) is 0 Å². The van der Waals surface area contributed by atoms with Crippen LogP contribution in [0.2, 0.25) is 0 Å². The van der Waals surface area contributed by atoms with E-state index in [0.717, 1.165) is 11.8 Å². The summed E-state index contributed by atoms with van der Waals surface area (Å²) in [5, 5.41) is 3.28. The van der Waals surface area contributed by atoms with E-state index in [4.69, 9.17) is 0 Å². The second-order valence-corrected chi connectivity index (χ2v) is 4.23. The van der Waals surface area contributed by atoms with E-state index in [-0.39, 0.29) is 0 Å². The van der Waals surface area contributed by atoms with Gasteiger partial charge in [0.1, 0.15) is 0 Å². The third-order valence-electron chi connectivity index (χ3n) is 3.16. The first-order valence-corrected chi connectivity index (χ1v) is 5.51. The normalized spacial score (nSPS) is 30.5. The molecule has 1 fully saturated rings. The summed E-state index contributed by atoms with van der Waals surface area (Å²) in [6.07, 6.45) is 8.74. The fourth-order valence-corrected chi connectivity index (χ4v) is 2.42. The van der Waals surface area contributed by atoms with Gasteiger partial charge in [0, 0.05) is 0 Å². The lowest BCUT2D eigenvalue weighted by Gasteiger charge is -2.28. The maximum atomic E-state index is 3.28. The molecule has 0 radical (unpaired) electrons. The van der Waals surface area contributed by atoms with Crippen molar-refractivity contribution in [2.45, 2.75) is 45.4 Å². The summed E-state index contributed by atoms with van der Waals surface area (Å²) >= 11 is 0. The highest BCUT2D eigenvalue weighted by atomic mass is 14.8. The Bertz CT molecular complexity index is 89.6. The lowest BCUT2D eigenvalue weighted by molar-refractivity contribution is 0.259. The lowest BCUT2D eigenvalue weighted by atomic mass is 9.80. The maximum absolute atomic E-state index is 3.28. The standard InChI is InChI=1S/C11H23N/c1-3-4-10-5-7-11(8-6-10)9-12-2/h10-12H,3-9H2,1-2H3. The topological polar surface area (TPSA) is 12.0 Å². The van der Waals surface area contributed by atoms with Crippen molar-refractivity contribution >= 4 is 0 Å². The van der Waals surface area contributed by atoms with Gasteiger partial charge >= 0.3 is 0 Å². The molecule has 1 nitrogen and oxygen atoms in total. The summed E-state index contributed by atoms with van der Waals surface area (Å²) in [5.74, 6) is 2.03. The zero-order valence-corrected chi connectivity index (χ0v) is 8.60. The van der Waals surface area contributed by atoms with E-state index in [0.29, 0.717) is 0 Å². The maximum Gasteiger partial charge on any atom is -0.00235 e. The van der Waals surface area contributed by atoms with Gasteiger partial charge in [-0.1, -0.05) is 32.6 Å². The predicted octanol–water partition coefficient (Wildman–Crippen LogP) is 2.81. The van der Waals surface area contributed by atoms with E-state index in [1.165, 1.54) is 45.1 Å². The van der Waals surface area contributed by atoms with E-state index >= 15 is 0 Å². The first kappa shape index (κ1) is 10.0. The Morgan fingerprint density at radius 3 is 2.17 bits per heavy atom. The molecule has 0 spiro atoms.